The van der Waals surface area contributed by atoms with E-state index >= 15 is 0 Å². The molecule has 1 aliphatic heterocycles. The number of likely N-dealkylation sites (tertiary alicyclic amines) is 1. The van der Waals surface area contributed by atoms with E-state index in [9.17, 15) is 9.90 Å². The average Bonchev–Trinajstić information content (AvgIpc) is 2.56. The minimum absolute atomic E-state index is 0.203. The quantitative estimate of drug-likeness (QED) is 0.833. The van der Waals surface area contributed by atoms with Crippen molar-refractivity contribution >= 4 is 6.09 Å². The van der Waals surface area contributed by atoms with Crippen molar-refractivity contribution in [3.05, 3.63) is 0 Å². The van der Waals surface area contributed by atoms with E-state index in [-0.39, 0.29) is 12.0 Å². The highest BCUT2D eigenvalue weighted by atomic mass is 16.6. The number of nitrogens with one attached hydrogen (secondary N) is 1. The monoisotopic (exact) mass is 328 g/mol. The Balaban J connectivity index is 2.56. The number of amides is 1. The number of nitrogens with zero attached hydrogens (tertiary/aromatic N) is 1. The molecule has 136 valence electrons. The van der Waals surface area contributed by atoms with Crippen LogP contribution in [0.1, 0.15) is 61.3 Å². The van der Waals surface area contributed by atoms with Gasteiger partial charge in [-0.1, -0.05) is 20.8 Å². The molecule has 0 aromatic carbocycles. The predicted octanol–water partition coefficient (Wildman–Crippen LogP) is 3.02. The van der Waals surface area contributed by atoms with Crippen LogP contribution < -0.4 is 5.32 Å². The molecule has 5 nitrogen and oxygen atoms in total. The van der Waals surface area contributed by atoms with Crippen LogP contribution in [0.3, 0.4) is 0 Å². The van der Waals surface area contributed by atoms with Crippen molar-refractivity contribution in [2.75, 3.05) is 19.6 Å². The molecule has 5 heteroatoms. The summed E-state index contributed by atoms with van der Waals surface area (Å²) < 4.78 is 5.48. The molecule has 0 radical (unpaired) electrons. The van der Waals surface area contributed by atoms with Crippen molar-refractivity contribution in [2.24, 2.45) is 11.8 Å². The van der Waals surface area contributed by atoms with Gasteiger partial charge in [0.15, 0.2) is 0 Å². The first-order valence-electron chi connectivity index (χ1n) is 8.86. The Morgan fingerprint density at radius 2 is 1.83 bits per heavy atom. The fourth-order valence-corrected chi connectivity index (χ4v) is 2.61. The summed E-state index contributed by atoms with van der Waals surface area (Å²) in [6, 6.07) is 0.313. The van der Waals surface area contributed by atoms with Crippen LogP contribution in [-0.2, 0) is 4.74 Å². The van der Waals surface area contributed by atoms with E-state index in [2.05, 4.69) is 12.2 Å². The molecule has 1 amide bonds. The maximum absolute atomic E-state index is 12.2. The molecule has 23 heavy (non-hydrogen) atoms. The van der Waals surface area contributed by atoms with Gasteiger partial charge in [-0.25, -0.2) is 4.79 Å². The first kappa shape index (κ1) is 20.2. The molecular formula is C18H36N2O3. The van der Waals surface area contributed by atoms with Crippen LogP contribution in [0.4, 0.5) is 4.79 Å². The summed E-state index contributed by atoms with van der Waals surface area (Å²) in [6.45, 7) is 15.8. The van der Waals surface area contributed by atoms with Gasteiger partial charge in [-0.3, -0.25) is 0 Å². The summed E-state index contributed by atoms with van der Waals surface area (Å²) in [5.41, 5.74) is -1.17. The lowest BCUT2D eigenvalue weighted by Gasteiger charge is -2.32. The van der Waals surface area contributed by atoms with Gasteiger partial charge < -0.3 is 20.1 Å². The van der Waals surface area contributed by atoms with Crippen LogP contribution in [0.2, 0.25) is 0 Å². The topological polar surface area (TPSA) is 61.8 Å². The zero-order valence-corrected chi connectivity index (χ0v) is 16.0. The fourth-order valence-electron chi connectivity index (χ4n) is 2.61. The van der Waals surface area contributed by atoms with Gasteiger partial charge in [0.05, 0.1) is 5.60 Å². The standard InChI is InChI=1S/C18H36N2O3/c1-13(2)18(7,22)12-19-15-9-11-20(10-8-14(15)3)16(21)23-17(4,5)6/h13-15,19,22H,8-12H2,1-7H3/t14-,15-,18-/m1/s1. The van der Waals surface area contributed by atoms with Crippen molar-refractivity contribution in [1.82, 2.24) is 10.2 Å². The second-order valence-electron chi connectivity index (χ2n) is 8.52. The second-order valence-corrected chi connectivity index (χ2v) is 8.52. The average molecular weight is 328 g/mol. The third kappa shape index (κ3) is 6.68. The molecule has 1 rings (SSSR count). The Morgan fingerprint density at radius 1 is 1.26 bits per heavy atom. The third-order valence-corrected chi connectivity index (χ3v) is 4.87. The number of rotatable bonds is 4. The highest BCUT2D eigenvalue weighted by Gasteiger charge is 2.31. The fraction of sp³-hybridized carbons (Fsp3) is 0.944. The zero-order valence-electron chi connectivity index (χ0n) is 16.0. The summed E-state index contributed by atoms with van der Waals surface area (Å²) in [5.74, 6) is 0.666. The molecule has 1 saturated heterocycles. The van der Waals surface area contributed by atoms with Crippen LogP contribution in [-0.4, -0.2) is 53.0 Å². The molecule has 2 N–H and O–H groups in total. The van der Waals surface area contributed by atoms with E-state index in [1.165, 1.54) is 0 Å². The SMILES string of the molecule is CC(C)[C@](C)(O)CN[C@@H]1CCN(C(=O)OC(C)(C)C)CC[C@H]1C. The van der Waals surface area contributed by atoms with E-state index in [1.807, 2.05) is 46.4 Å². The minimum atomic E-state index is -0.711. The van der Waals surface area contributed by atoms with Gasteiger partial charge in [-0.2, -0.15) is 0 Å². The largest absolute Gasteiger partial charge is 0.444 e. The van der Waals surface area contributed by atoms with E-state index in [4.69, 9.17) is 4.74 Å². The van der Waals surface area contributed by atoms with Crippen molar-refractivity contribution < 1.29 is 14.6 Å². The van der Waals surface area contributed by atoms with E-state index in [0.717, 1.165) is 19.4 Å². The molecule has 0 aromatic heterocycles. The summed E-state index contributed by atoms with van der Waals surface area (Å²) in [6.07, 6.45) is 1.61. The number of ether oxygens (including phenoxy) is 1. The van der Waals surface area contributed by atoms with E-state index in [0.29, 0.717) is 25.0 Å². The molecule has 1 heterocycles. The summed E-state index contributed by atoms with van der Waals surface area (Å²) in [7, 11) is 0. The van der Waals surface area contributed by atoms with E-state index < -0.39 is 11.2 Å². The molecule has 3 atom stereocenters. The Labute approximate surface area is 141 Å². The molecule has 0 saturated carbocycles. The first-order chi connectivity index (χ1) is 10.4. The predicted molar refractivity (Wildman–Crippen MR) is 93.5 cm³/mol. The first-order valence-corrected chi connectivity index (χ1v) is 8.86. The molecular weight excluding hydrogens is 292 g/mol. The van der Waals surface area contributed by atoms with Gasteiger partial charge in [0.25, 0.3) is 0 Å². The highest BCUT2D eigenvalue weighted by molar-refractivity contribution is 5.68. The van der Waals surface area contributed by atoms with Crippen LogP contribution in [0, 0.1) is 11.8 Å². The molecule has 1 fully saturated rings. The summed E-state index contributed by atoms with van der Waals surface area (Å²) in [5, 5.41) is 13.9. The van der Waals surface area contributed by atoms with Crippen molar-refractivity contribution in [3.63, 3.8) is 0 Å². The molecule has 1 aliphatic rings. The maximum atomic E-state index is 12.2. The number of carbonyl (C=O) groups excluding carboxylic acids is 1. The Kier molecular flexibility index (Phi) is 6.90. The number of carbonyl (C=O) groups is 1. The van der Waals surface area contributed by atoms with Gasteiger partial charge >= 0.3 is 6.09 Å². The van der Waals surface area contributed by atoms with Gasteiger partial charge in [0.1, 0.15) is 5.60 Å². The zero-order chi connectivity index (χ0) is 17.8. The summed E-state index contributed by atoms with van der Waals surface area (Å²) >= 11 is 0. The Morgan fingerprint density at radius 3 is 2.35 bits per heavy atom. The smallest absolute Gasteiger partial charge is 0.410 e. The van der Waals surface area contributed by atoms with Gasteiger partial charge in [-0.05, 0) is 52.4 Å². The lowest BCUT2D eigenvalue weighted by molar-refractivity contribution is 0.00982. The lowest BCUT2D eigenvalue weighted by Crippen LogP contribution is -2.47. The molecule has 0 aliphatic carbocycles. The van der Waals surface area contributed by atoms with Gasteiger partial charge in [-0.15, -0.1) is 0 Å². The van der Waals surface area contributed by atoms with Crippen LogP contribution in [0.25, 0.3) is 0 Å². The lowest BCUT2D eigenvalue weighted by atomic mass is 9.90. The number of hydrogen-bond donors (Lipinski definition) is 2. The maximum Gasteiger partial charge on any atom is 0.410 e. The Hall–Kier alpha value is -0.810. The van der Waals surface area contributed by atoms with Crippen molar-refractivity contribution in [1.29, 1.82) is 0 Å². The van der Waals surface area contributed by atoms with Gasteiger partial charge in [0.2, 0.25) is 0 Å². The molecule has 0 unspecified atom stereocenters. The number of hydrogen-bond acceptors (Lipinski definition) is 4. The van der Waals surface area contributed by atoms with Crippen molar-refractivity contribution in [2.45, 2.75) is 78.6 Å². The summed E-state index contributed by atoms with van der Waals surface area (Å²) in [4.78, 5) is 14.0. The molecule has 0 spiro atoms. The molecule has 0 bridgehead atoms. The Bertz CT molecular complexity index is 388. The van der Waals surface area contributed by atoms with Crippen LogP contribution >= 0.6 is 0 Å². The van der Waals surface area contributed by atoms with Gasteiger partial charge in [0, 0.05) is 25.7 Å². The van der Waals surface area contributed by atoms with Crippen LogP contribution in [0.15, 0.2) is 0 Å². The highest BCUT2D eigenvalue weighted by Crippen LogP contribution is 2.21. The molecule has 0 aromatic rings. The van der Waals surface area contributed by atoms with Crippen molar-refractivity contribution in [3.8, 4) is 0 Å². The van der Waals surface area contributed by atoms with Crippen LogP contribution in [0.5, 0.6) is 0 Å². The third-order valence-electron chi connectivity index (χ3n) is 4.87. The number of aliphatic hydroxyl groups is 1. The minimum Gasteiger partial charge on any atom is -0.444 e. The normalized spacial score (nSPS) is 25.9. The van der Waals surface area contributed by atoms with E-state index in [1.54, 1.807) is 0 Å². The second kappa shape index (κ2) is 7.84.